The zero-order chi connectivity index (χ0) is 7.84. The van der Waals surface area contributed by atoms with E-state index in [1.165, 1.54) is 0 Å². The highest BCUT2D eigenvalue weighted by Gasteiger charge is 2.57. The molecule has 4 heteroatoms. The molecule has 1 saturated heterocycles. The molecule has 2 aliphatic rings. The van der Waals surface area contributed by atoms with Crippen molar-refractivity contribution in [1.29, 1.82) is 0 Å². The predicted molar refractivity (Wildman–Crippen MR) is 47.3 cm³/mol. The van der Waals surface area contributed by atoms with Gasteiger partial charge in [-0.05, 0) is 25.8 Å². The molecule has 1 saturated carbocycles. The number of carbonyl (C=O) groups is 1. The van der Waals surface area contributed by atoms with Crippen LogP contribution >= 0.6 is 12.4 Å². The number of hydrogen-bond acceptors (Lipinski definition) is 3. The smallest absolute Gasteiger partial charge is 0.310 e. The largest absolute Gasteiger partial charge is 0.466 e. The summed E-state index contributed by atoms with van der Waals surface area (Å²) in [6.07, 6.45) is 1.15. The van der Waals surface area contributed by atoms with Gasteiger partial charge in [-0.1, -0.05) is 0 Å². The first-order chi connectivity index (χ1) is 5.34. The van der Waals surface area contributed by atoms with E-state index in [-0.39, 0.29) is 24.3 Å². The number of piperidine rings is 1. The van der Waals surface area contributed by atoms with Gasteiger partial charge in [0.05, 0.1) is 12.5 Å². The first kappa shape index (κ1) is 9.81. The second kappa shape index (κ2) is 3.62. The first-order valence-corrected chi connectivity index (χ1v) is 4.24. The lowest BCUT2D eigenvalue weighted by molar-refractivity contribution is -0.145. The number of esters is 1. The van der Waals surface area contributed by atoms with Gasteiger partial charge >= 0.3 is 5.97 Å². The van der Waals surface area contributed by atoms with E-state index in [1.807, 2.05) is 6.92 Å². The summed E-state index contributed by atoms with van der Waals surface area (Å²) in [5.74, 6) is 0.771. The number of fused-ring (bicyclic) bond motifs is 1. The molecule has 2 fully saturated rings. The van der Waals surface area contributed by atoms with Gasteiger partial charge in [0.2, 0.25) is 0 Å². The number of nitrogens with one attached hydrogen (secondary N) is 1. The van der Waals surface area contributed by atoms with E-state index < -0.39 is 0 Å². The number of rotatable bonds is 2. The van der Waals surface area contributed by atoms with Gasteiger partial charge in [0.15, 0.2) is 0 Å². The Balaban J connectivity index is 0.000000720. The molecule has 0 spiro atoms. The molecule has 0 radical (unpaired) electrons. The van der Waals surface area contributed by atoms with Crippen LogP contribution in [-0.2, 0) is 9.53 Å². The molecule has 70 valence electrons. The van der Waals surface area contributed by atoms with Crippen molar-refractivity contribution in [3.05, 3.63) is 0 Å². The Morgan fingerprint density at radius 1 is 1.67 bits per heavy atom. The number of ether oxygens (including phenoxy) is 1. The van der Waals surface area contributed by atoms with Gasteiger partial charge < -0.3 is 10.1 Å². The summed E-state index contributed by atoms with van der Waals surface area (Å²) in [5, 5.41) is 3.28. The quantitative estimate of drug-likeness (QED) is 0.649. The highest BCUT2D eigenvalue weighted by molar-refractivity contribution is 5.85. The van der Waals surface area contributed by atoms with Crippen LogP contribution in [-0.4, -0.2) is 25.2 Å². The maximum atomic E-state index is 11.2. The van der Waals surface area contributed by atoms with Crippen LogP contribution in [0.2, 0.25) is 0 Å². The van der Waals surface area contributed by atoms with Crippen LogP contribution in [0.4, 0.5) is 0 Å². The van der Waals surface area contributed by atoms with E-state index in [4.69, 9.17) is 4.74 Å². The van der Waals surface area contributed by atoms with Gasteiger partial charge in [-0.2, -0.15) is 0 Å². The van der Waals surface area contributed by atoms with Gasteiger partial charge in [-0.25, -0.2) is 0 Å². The lowest BCUT2D eigenvalue weighted by Crippen LogP contribution is -2.20. The van der Waals surface area contributed by atoms with E-state index in [1.54, 1.807) is 0 Å². The number of carbonyl (C=O) groups excluding carboxylic acids is 1. The Labute approximate surface area is 78.3 Å². The van der Waals surface area contributed by atoms with Gasteiger partial charge in [0.1, 0.15) is 0 Å². The van der Waals surface area contributed by atoms with Crippen molar-refractivity contribution in [2.45, 2.75) is 19.4 Å². The predicted octanol–water partition coefficient (Wildman–Crippen LogP) is 0.579. The van der Waals surface area contributed by atoms with Gasteiger partial charge in [0.25, 0.3) is 0 Å². The fourth-order valence-corrected chi connectivity index (χ4v) is 1.99. The molecule has 2 rings (SSSR count). The van der Waals surface area contributed by atoms with Crippen LogP contribution in [0, 0.1) is 11.8 Å². The zero-order valence-corrected chi connectivity index (χ0v) is 7.89. The highest BCUT2D eigenvalue weighted by Crippen LogP contribution is 2.45. The molecule has 0 amide bonds. The van der Waals surface area contributed by atoms with E-state index >= 15 is 0 Å². The minimum atomic E-state index is -0.00491. The van der Waals surface area contributed by atoms with Crippen LogP contribution in [0.15, 0.2) is 0 Å². The third-order valence-corrected chi connectivity index (χ3v) is 2.59. The van der Waals surface area contributed by atoms with E-state index in [9.17, 15) is 4.79 Å². The molecule has 3 atom stereocenters. The Morgan fingerprint density at radius 3 is 2.92 bits per heavy atom. The van der Waals surface area contributed by atoms with Crippen LogP contribution in [0.3, 0.4) is 0 Å². The second-order valence-electron chi connectivity index (χ2n) is 3.21. The average molecular weight is 192 g/mol. The van der Waals surface area contributed by atoms with Crippen LogP contribution < -0.4 is 5.32 Å². The molecule has 0 aromatic carbocycles. The molecule has 3 unspecified atom stereocenters. The van der Waals surface area contributed by atoms with E-state index in [0.29, 0.717) is 18.6 Å². The summed E-state index contributed by atoms with van der Waals surface area (Å²) in [6, 6.07) is 0.453. The lowest BCUT2D eigenvalue weighted by atomic mass is 10.2. The third-order valence-electron chi connectivity index (χ3n) is 2.59. The van der Waals surface area contributed by atoms with Crippen LogP contribution in [0.25, 0.3) is 0 Å². The fraction of sp³-hybridized carbons (Fsp3) is 0.875. The van der Waals surface area contributed by atoms with Crippen LogP contribution in [0.1, 0.15) is 13.3 Å². The molecule has 0 bridgehead atoms. The molecule has 3 nitrogen and oxygen atoms in total. The molecule has 0 aromatic heterocycles. The van der Waals surface area contributed by atoms with Crippen molar-refractivity contribution in [2.24, 2.45) is 11.8 Å². The maximum Gasteiger partial charge on any atom is 0.310 e. The summed E-state index contributed by atoms with van der Waals surface area (Å²) in [4.78, 5) is 11.2. The zero-order valence-electron chi connectivity index (χ0n) is 7.08. The molecule has 1 aliphatic carbocycles. The van der Waals surface area contributed by atoms with Crippen molar-refractivity contribution < 1.29 is 9.53 Å². The SMILES string of the molecule is CCOC(=O)C1C2CCNC21.Cl. The highest BCUT2D eigenvalue weighted by atomic mass is 35.5. The van der Waals surface area contributed by atoms with Gasteiger partial charge in [-0.3, -0.25) is 4.79 Å². The van der Waals surface area contributed by atoms with Gasteiger partial charge in [-0.15, -0.1) is 12.4 Å². The van der Waals surface area contributed by atoms with Crippen molar-refractivity contribution in [3.63, 3.8) is 0 Å². The van der Waals surface area contributed by atoms with Crippen molar-refractivity contribution in [2.75, 3.05) is 13.2 Å². The summed E-state index contributed by atoms with van der Waals surface area (Å²) < 4.78 is 4.92. The number of hydrogen-bond donors (Lipinski definition) is 1. The normalized spacial score (nSPS) is 36.6. The number of halogens is 1. The van der Waals surface area contributed by atoms with E-state index in [2.05, 4.69) is 5.32 Å². The topological polar surface area (TPSA) is 38.3 Å². The molecular formula is C8H14ClNO2. The summed E-state index contributed by atoms with van der Waals surface area (Å²) in [6.45, 7) is 3.43. The molecule has 1 aliphatic heterocycles. The Morgan fingerprint density at radius 2 is 2.42 bits per heavy atom. The third kappa shape index (κ3) is 1.43. The van der Waals surface area contributed by atoms with Crippen molar-refractivity contribution in [1.82, 2.24) is 5.32 Å². The molecule has 0 aromatic rings. The van der Waals surface area contributed by atoms with Crippen LogP contribution in [0.5, 0.6) is 0 Å². The average Bonchev–Trinajstić information content (AvgIpc) is 2.47. The minimum Gasteiger partial charge on any atom is -0.466 e. The van der Waals surface area contributed by atoms with Gasteiger partial charge in [0, 0.05) is 6.04 Å². The molecule has 1 heterocycles. The second-order valence-corrected chi connectivity index (χ2v) is 3.21. The Kier molecular flexibility index (Phi) is 2.96. The fourth-order valence-electron chi connectivity index (χ4n) is 1.99. The van der Waals surface area contributed by atoms with E-state index in [0.717, 1.165) is 13.0 Å². The Bertz CT molecular complexity index is 176. The summed E-state index contributed by atoms with van der Waals surface area (Å²) >= 11 is 0. The van der Waals surface area contributed by atoms with Crippen molar-refractivity contribution >= 4 is 18.4 Å². The minimum absolute atomic E-state index is 0. The molecule has 1 N–H and O–H groups in total. The molecule has 12 heavy (non-hydrogen) atoms. The summed E-state index contributed by atoms with van der Waals surface area (Å²) in [7, 11) is 0. The first-order valence-electron chi connectivity index (χ1n) is 4.24. The monoisotopic (exact) mass is 191 g/mol. The lowest BCUT2D eigenvalue weighted by Gasteiger charge is -2.02. The molecular weight excluding hydrogens is 178 g/mol. The summed E-state index contributed by atoms with van der Waals surface area (Å²) in [5.41, 5.74) is 0. The maximum absolute atomic E-state index is 11.2. The van der Waals surface area contributed by atoms with Crippen molar-refractivity contribution in [3.8, 4) is 0 Å². The standard InChI is InChI=1S/C8H13NO2.ClH/c1-2-11-8(10)6-5-3-4-9-7(5)6;/h5-7,9H,2-4H2,1H3;1H. The Hall–Kier alpha value is -0.280.